The minimum Gasteiger partial charge on any atom is -0.493 e. The van der Waals surface area contributed by atoms with E-state index in [9.17, 15) is 8.78 Å². The number of methoxy groups -OCH3 is 1. The highest BCUT2D eigenvalue weighted by molar-refractivity contribution is 5.43. The molecule has 19 heavy (non-hydrogen) atoms. The molecule has 1 unspecified atom stereocenters. The lowest BCUT2D eigenvalue weighted by molar-refractivity contribution is -0.0512. The van der Waals surface area contributed by atoms with Crippen LogP contribution in [0.2, 0.25) is 0 Å². The van der Waals surface area contributed by atoms with Gasteiger partial charge in [-0.05, 0) is 43.4 Å². The number of ether oxygens (including phenoxy) is 2. The molecule has 1 fully saturated rings. The molecule has 0 bridgehead atoms. The summed E-state index contributed by atoms with van der Waals surface area (Å²) in [4.78, 5) is 0. The van der Waals surface area contributed by atoms with E-state index in [1.54, 1.807) is 12.1 Å². The Hall–Kier alpha value is -1.36. The highest BCUT2D eigenvalue weighted by Gasteiger charge is 2.27. The van der Waals surface area contributed by atoms with Gasteiger partial charge < -0.3 is 14.8 Å². The second kappa shape index (κ2) is 6.19. The number of hydrogen-bond acceptors (Lipinski definition) is 3. The summed E-state index contributed by atoms with van der Waals surface area (Å²) in [5.41, 5.74) is 0.906. The van der Waals surface area contributed by atoms with Crippen molar-refractivity contribution in [3.05, 3.63) is 23.8 Å². The molecule has 1 N–H and O–H groups in total. The Balaban J connectivity index is 1.99. The van der Waals surface area contributed by atoms with Crippen molar-refractivity contribution in [1.82, 2.24) is 5.32 Å². The molecule has 2 rings (SSSR count). The molecule has 1 aromatic rings. The Kier molecular flexibility index (Phi) is 4.58. The van der Waals surface area contributed by atoms with Crippen LogP contribution in [0.15, 0.2) is 18.2 Å². The molecule has 0 aliphatic heterocycles. The van der Waals surface area contributed by atoms with E-state index in [4.69, 9.17) is 4.74 Å². The molecule has 0 saturated heterocycles. The van der Waals surface area contributed by atoms with Crippen LogP contribution in [-0.2, 0) is 6.54 Å². The van der Waals surface area contributed by atoms with Crippen LogP contribution in [0.3, 0.4) is 0 Å². The molecule has 0 amide bonds. The fourth-order valence-corrected chi connectivity index (χ4v) is 2.06. The van der Waals surface area contributed by atoms with Gasteiger partial charge in [-0.25, -0.2) is 0 Å². The minimum absolute atomic E-state index is 0.0795. The van der Waals surface area contributed by atoms with Crippen molar-refractivity contribution < 1.29 is 18.3 Å². The first kappa shape index (κ1) is 14.1. The Morgan fingerprint density at radius 2 is 2.05 bits per heavy atom. The van der Waals surface area contributed by atoms with Crippen LogP contribution in [0.25, 0.3) is 0 Å². The predicted octanol–water partition coefficient (Wildman–Crippen LogP) is 3.18. The van der Waals surface area contributed by atoms with E-state index in [-0.39, 0.29) is 5.75 Å². The van der Waals surface area contributed by atoms with Gasteiger partial charge in [0.1, 0.15) is 0 Å². The number of hydrogen-bond donors (Lipinski definition) is 1. The van der Waals surface area contributed by atoms with Gasteiger partial charge in [0.25, 0.3) is 0 Å². The Morgan fingerprint density at radius 1 is 1.32 bits per heavy atom. The quantitative estimate of drug-likeness (QED) is 0.826. The summed E-state index contributed by atoms with van der Waals surface area (Å²) in [6, 6.07) is 5.55. The number of halogens is 2. The van der Waals surface area contributed by atoms with E-state index in [0.29, 0.717) is 18.3 Å². The summed E-state index contributed by atoms with van der Waals surface area (Å²) < 4.78 is 34.1. The van der Waals surface area contributed by atoms with Crippen molar-refractivity contribution in [3.8, 4) is 11.5 Å². The van der Waals surface area contributed by atoms with Gasteiger partial charge in [-0.2, -0.15) is 8.78 Å². The van der Waals surface area contributed by atoms with Gasteiger partial charge in [-0.1, -0.05) is 6.07 Å². The Labute approximate surface area is 111 Å². The van der Waals surface area contributed by atoms with Crippen molar-refractivity contribution in [2.24, 2.45) is 5.92 Å². The van der Waals surface area contributed by atoms with Crippen molar-refractivity contribution in [3.63, 3.8) is 0 Å². The summed E-state index contributed by atoms with van der Waals surface area (Å²) in [6.07, 6.45) is 2.55. The normalized spacial score (nSPS) is 16.5. The molecule has 3 nitrogen and oxygen atoms in total. The molecule has 1 aliphatic rings. The summed E-state index contributed by atoms with van der Waals surface area (Å²) in [6.45, 7) is -0.0542. The van der Waals surface area contributed by atoms with Gasteiger partial charge in [0.15, 0.2) is 11.5 Å². The molecule has 1 saturated carbocycles. The third-order valence-electron chi connectivity index (χ3n) is 3.40. The second-order valence-corrected chi connectivity index (χ2v) is 4.87. The number of alkyl halides is 2. The second-order valence-electron chi connectivity index (χ2n) is 4.87. The topological polar surface area (TPSA) is 30.5 Å². The zero-order valence-electron chi connectivity index (χ0n) is 11.2. The lowest BCUT2D eigenvalue weighted by atomic mass is 10.1. The highest BCUT2D eigenvalue weighted by atomic mass is 19.3. The molecule has 106 valence electrons. The van der Waals surface area contributed by atoms with Crippen molar-refractivity contribution in [2.75, 3.05) is 7.11 Å². The van der Waals surface area contributed by atoms with Gasteiger partial charge >= 0.3 is 6.61 Å². The number of rotatable bonds is 7. The van der Waals surface area contributed by atoms with Crippen molar-refractivity contribution in [1.29, 1.82) is 0 Å². The smallest absolute Gasteiger partial charge is 0.387 e. The van der Waals surface area contributed by atoms with E-state index in [2.05, 4.69) is 17.0 Å². The molecular formula is C14H19F2NO2. The molecule has 1 aromatic carbocycles. The van der Waals surface area contributed by atoms with Gasteiger partial charge in [-0.3, -0.25) is 0 Å². The zero-order chi connectivity index (χ0) is 13.8. The first-order valence-electron chi connectivity index (χ1n) is 6.45. The fraction of sp³-hybridized carbons (Fsp3) is 0.571. The molecule has 5 heteroatoms. The van der Waals surface area contributed by atoms with Crippen LogP contribution in [-0.4, -0.2) is 19.8 Å². The Bertz CT molecular complexity index is 422. The first-order chi connectivity index (χ1) is 9.10. The van der Waals surface area contributed by atoms with Crippen molar-refractivity contribution >= 4 is 0 Å². The lowest BCUT2D eigenvalue weighted by Crippen LogP contribution is -2.27. The van der Waals surface area contributed by atoms with E-state index in [0.717, 1.165) is 11.5 Å². The van der Waals surface area contributed by atoms with Gasteiger partial charge in [0, 0.05) is 12.6 Å². The summed E-state index contributed by atoms with van der Waals surface area (Å²) in [7, 11) is 1.43. The maximum Gasteiger partial charge on any atom is 0.387 e. The van der Waals surface area contributed by atoms with Crippen LogP contribution in [0.4, 0.5) is 8.78 Å². The highest BCUT2D eigenvalue weighted by Crippen LogP contribution is 2.33. The van der Waals surface area contributed by atoms with Gasteiger partial charge in [0.2, 0.25) is 0 Å². The molecule has 0 spiro atoms. The van der Waals surface area contributed by atoms with Crippen LogP contribution in [0.1, 0.15) is 25.3 Å². The average Bonchev–Trinajstić information content (AvgIpc) is 3.19. The summed E-state index contributed by atoms with van der Waals surface area (Å²) >= 11 is 0. The molecule has 1 aliphatic carbocycles. The largest absolute Gasteiger partial charge is 0.493 e. The van der Waals surface area contributed by atoms with Crippen LogP contribution >= 0.6 is 0 Å². The monoisotopic (exact) mass is 271 g/mol. The third-order valence-corrected chi connectivity index (χ3v) is 3.40. The van der Waals surface area contributed by atoms with E-state index >= 15 is 0 Å². The number of nitrogens with one attached hydrogen (secondary N) is 1. The van der Waals surface area contributed by atoms with E-state index in [1.165, 1.54) is 20.0 Å². The minimum atomic E-state index is -2.84. The summed E-state index contributed by atoms with van der Waals surface area (Å²) in [5, 5.41) is 3.39. The maximum atomic E-state index is 12.3. The lowest BCUT2D eigenvalue weighted by Gasteiger charge is -2.15. The third kappa shape index (κ3) is 4.06. The zero-order valence-corrected chi connectivity index (χ0v) is 11.2. The summed E-state index contributed by atoms with van der Waals surface area (Å²) in [5.74, 6) is 1.16. The van der Waals surface area contributed by atoms with E-state index < -0.39 is 6.61 Å². The fourth-order valence-electron chi connectivity index (χ4n) is 2.06. The van der Waals surface area contributed by atoms with Crippen molar-refractivity contribution in [2.45, 2.75) is 39.0 Å². The standard InChI is InChI=1S/C14H19F2NO2/c1-9(11-4-5-11)17-8-10-3-6-12(18-2)13(7-10)19-14(15)16/h3,6-7,9,11,14,17H,4-5,8H2,1-2H3. The molecule has 0 aromatic heterocycles. The maximum absolute atomic E-state index is 12.3. The number of benzene rings is 1. The Morgan fingerprint density at radius 3 is 2.63 bits per heavy atom. The SMILES string of the molecule is COc1ccc(CNC(C)C2CC2)cc1OC(F)F. The van der Waals surface area contributed by atoms with Crippen LogP contribution < -0.4 is 14.8 Å². The van der Waals surface area contributed by atoms with Gasteiger partial charge in [0.05, 0.1) is 7.11 Å². The predicted molar refractivity (Wildman–Crippen MR) is 68.7 cm³/mol. The molecule has 1 atom stereocenters. The van der Waals surface area contributed by atoms with Crippen LogP contribution in [0.5, 0.6) is 11.5 Å². The first-order valence-corrected chi connectivity index (χ1v) is 6.45. The van der Waals surface area contributed by atoms with Crippen LogP contribution in [0, 0.1) is 5.92 Å². The average molecular weight is 271 g/mol. The molecule has 0 heterocycles. The molecular weight excluding hydrogens is 252 g/mol. The molecule has 0 radical (unpaired) electrons. The van der Waals surface area contributed by atoms with E-state index in [1.807, 2.05) is 6.07 Å². The van der Waals surface area contributed by atoms with Gasteiger partial charge in [-0.15, -0.1) is 0 Å².